The maximum Gasteiger partial charge on any atom is 0.0236 e. The van der Waals surface area contributed by atoms with Crippen molar-refractivity contribution < 1.29 is 0 Å². The van der Waals surface area contributed by atoms with Gasteiger partial charge in [0.2, 0.25) is 0 Å². The standard InChI is InChI=1S/C18H30N2/c1-4-17(5-2)15(3)20-12-11-19-18(14-20)13-16-9-7-6-8-10-16/h6-10,15,17-19H,4-5,11-14H2,1-3H3. The Hall–Kier alpha value is -0.860. The molecule has 0 aromatic heterocycles. The highest BCUT2D eigenvalue weighted by Gasteiger charge is 2.26. The van der Waals surface area contributed by atoms with Gasteiger partial charge < -0.3 is 5.32 Å². The van der Waals surface area contributed by atoms with E-state index in [9.17, 15) is 0 Å². The molecule has 0 amide bonds. The average Bonchev–Trinajstić information content (AvgIpc) is 2.49. The van der Waals surface area contributed by atoms with E-state index in [4.69, 9.17) is 0 Å². The molecule has 2 rings (SSSR count). The van der Waals surface area contributed by atoms with Gasteiger partial charge in [-0.2, -0.15) is 0 Å². The van der Waals surface area contributed by atoms with Crippen LogP contribution in [0.5, 0.6) is 0 Å². The van der Waals surface area contributed by atoms with E-state index in [-0.39, 0.29) is 0 Å². The second kappa shape index (κ2) is 7.80. The Morgan fingerprint density at radius 3 is 2.55 bits per heavy atom. The molecule has 1 aromatic rings. The largest absolute Gasteiger partial charge is 0.311 e. The lowest BCUT2D eigenvalue weighted by atomic mass is 9.93. The molecule has 0 radical (unpaired) electrons. The summed E-state index contributed by atoms with van der Waals surface area (Å²) in [6.07, 6.45) is 3.74. The number of benzene rings is 1. The molecular weight excluding hydrogens is 244 g/mol. The van der Waals surface area contributed by atoms with Crippen LogP contribution >= 0.6 is 0 Å². The van der Waals surface area contributed by atoms with Crippen molar-refractivity contribution in [1.82, 2.24) is 10.2 Å². The molecule has 2 nitrogen and oxygen atoms in total. The second-order valence-electron chi connectivity index (χ2n) is 6.15. The number of piperazine rings is 1. The van der Waals surface area contributed by atoms with Crippen LogP contribution < -0.4 is 5.32 Å². The Morgan fingerprint density at radius 1 is 1.20 bits per heavy atom. The van der Waals surface area contributed by atoms with Crippen molar-refractivity contribution in [1.29, 1.82) is 0 Å². The fourth-order valence-electron chi connectivity index (χ4n) is 3.53. The van der Waals surface area contributed by atoms with E-state index in [1.165, 1.54) is 31.5 Å². The van der Waals surface area contributed by atoms with Gasteiger partial charge in [0, 0.05) is 31.7 Å². The SMILES string of the molecule is CCC(CC)C(C)N1CCNC(Cc2ccccc2)C1. The van der Waals surface area contributed by atoms with Crippen molar-refractivity contribution in [2.75, 3.05) is 19.6 Å². The maximum atomic E-state index is 3.69. The summed E-state index contributed by atoms with van der Waals surface area (Å²) in [5.41, 5.74) is 1.45. The maximum absolute atomic E-state index is 3.69. The Balaban J connectivity index is 1.91. The Bertz CT molecular complexity index is 372. The fraction of sp³-hybridized carbons (Fsp3) is 0.667. The predicted molar refractivity (Wildman–Crippen MR) is 87.0 cm³/mol. The molecule has 0 aliphatic carbocycles. The van der Waals surface area contributed by atoms with Crippen LogP contribution in [-0.4, -0.2) is 36.6 Å². The van der Waals surface area contributed by atoms with Crippen LogP contribution in [0.2, 0.25) is 0 Å². The Kier molecular flexibility index (Phi) is 6.06. The molecule has 1 aliphatic rings. The number of hydrogen-bond donors (Lipinski definition) is 1. The first-order valence-corrected chi connectivity index (χ1v) is 8.26. The zero-order chi connectivity index (χ0) is 14.4. The first-order chi connectivity index (χ1) is 9.74. The van der Waals surface area contributed by atoms with Crippen LogP contribution in [0.15, 0.2) is 30.3 Å². The Morgan fingerprint density at radius 2 is 1.90 bits per heavy atom. The van der Waals surface area contributed by atoms with E-state index in [1.807, 2.05) is 0 Å². The molecule has 1 aromatic carbocycles. The molecule has 2 heteroatoms. The minimum Gasteiger partial charge on any atom is -0.311 e. The molecule has 0 saturated carbocycles. The lowest BCUT2D eigenvalue weighted by molar-refractivity contribution is 0.109. The molecule has 0 bridgehead atoms. The van der Waals surface area contributed by atoms with E-state index in [1.54, 1.807) is 0 Å². The third kappa shape index (κ3) is 4.07. The molecule has 1 fully saturated rings. The Labute approximate surface area is 124 Å². The second-order valence-corrected chi connectivity index (χ2v) is 6.15. The summed E-state index contributed by atoms with van der Waals surface area (Å²) in [5, 5.41) is 3.69. The van der Waals surface area contributed by atoms with Gasteiger partial charge in [0.1, 0.15) is 0 Å². The third-order valence-electron chi connectivity index (χ3n) is 4.92. The first-order valence-electron chi connectivity index (χ1n) is 8.26. The van der Waals surface area contributed by atoms with Crippen LogP contribution in [0.4, 0.5) is 0 Å². The molecule has 1 N–H and O–H groups in total. The number of hydrogen-bond acceptors (Lipinski definition) is 2. The van der Waals surface area contributed by atoms with E-state index < -0.39 is 0 Å². The van der Waals surface area contributed by atoms with Crippen LogP contribution in [-0.2, 0) is 6.42 Å². The van der Waals surface area contributed by atoms with Gasteiger partial charge in [0.15, 0.2) is 0 Å². The highest BCUT2D eigenvalue weighted by atomic mass is 15.2. The molecule has 112 valence electrons. The zero-order valence-corrected chi connectivity index (χ0v) is 13.3. The molecule has 2 atom stereocenters. The lowest BCUT2D eigenvalue weighted by Crippen LogP contribution is -2.55. The van der Waals surface area contributed by atoms with Crippen LogP contribution in [0.1, 0.15) is 39.2 Å². The van der Waals surface area contributed by atoms with Crippen molar-refractivity contribution in [3.05, 3.63) is 35.9 Å². The van der Waals surface area contributed by atoms with Crippen molar-refractivity contribution in [3.8, 4) is 0 Å². The molecule has 2 unspecified atom stereocenters. The van der Waals surface area contributed by atoms with Gasteiger partial charge in [-0.3, -0.25) is 4.90 Å². The van der Waals surface area contributed by atoms with Crippen LogP contribution in [0, 0.1) is 5.92 Å². The lowest BCUT2D eigenvalue weighted by Gasteiger charge is -2.40. The van der Waals surface area contributed by atoms with Crippen molar-refractivity contribution >= 4 is 0 Å². The highest BCUT2D eigenvalue weighted by Crippen LogP contribution is 2.20. The summed E-state index contributed by atoms with van der Waals surface area (Å²) in [4.78, 5) is 2.70. The summed E-state index contributed by atoms with van der Waals surface area (Å²) in [7, 11) is 0. The van der Waals surface area contributed by atoms with E-state index in [0.717, 1.165) is 18.9 Å². The van der Waals surface area contributed by atoms with Gasteiger partial charge >= 0.3 is 0 Å². The molecule has 1 aliphatic heterocycles. The summed E-state index contributed by atoms with van der Waals surface area (Å²) >= 11 is 0. The van der Waals surface area contributed by atoms with E-state index in [0.29, 0.717) is 12.1 Å². The van der Waals surface area contributed by atoms with Gasteiger partial charge in [0.05, 0.1) is 0 Å². The zero-order valence-electron chi connectivity index (χ0n) is 13.3. The van der Waals surface area contributed by atoms with Crippen molar-refractivity contribution in [2.45, 2.75) is 52.1 Å². The molecule has 0 spiro atoms. The van der Waals surface area contributed by atoms with Gasteiger partial charge in [-0.25, -0.2) is 0 Å². The monoisotopic (exact) mass is 274 g/mol. The number of nitrogens with one attached hydrogen (secondary N) is 1. The summed E-state index contributed by atoms with van der Waals surface area (Å²) in [6, 6.07) is 12.2. The minimum absolute atomic E-state index is 0.600. The topological polar surface area (TPSA) is 15.3 Å². The highest BCUT2D eigenvalue weighted by molar-refractivity contribution is 5.16. The van der Waals surface area contributed by atoms with Crippen molar-refractivity contribution in [3.63, 3.8) is 0 Å². The quantitative estimate of drug-likeness (QED) is 0.856. The predicted octanol–water partition coefficient (Wildman–Crippen LogP) is 3.33. The van der Waals surface area contributed by atoms with E-state index in [2.05, 4.69) is 61.3 Å². The summed E-state index contributed by atoms with van der Waals surface area (Å²) in [5.74, 6) is 0.838. The summed E-state index contributed by atoms with van der Waals surface area (Å²) in [6.45, 7) is 10.6. The fourth-order valence-corrected chi connectivity index (χ4v) is 3.53. The van der Waals surface area contributed by atoms with Crippen molar-refractivity contribution in [2.24, 2.45) is 5.92 Å². The number of nitrogens with zero attached hydrogens (tertiary/aromatic N) is 1. The van der Waals surface area contributed by atoms with E-state index >= 15 is 0 Å². The molecule has 20 heavy (non-hydrogen) atoms. The van der Waals surface area contributed by atoms with Gasteiger partial charge in [0.25, 0.3) is 0 Å². The normalized spacial score (nSPS) is 22.1. The first kappa shape index (κ1) is 15.5. The third-order valence-corrected chi connectivity index (χ3v) is 4.92. The minimum atomic E-state index is 0.600. The molecule has 1 saturated heterocycles. The summed E-state index contributed by atoms with van der Waals surface area (Å²) < 4.78 is 0. The van der Waals surface area contributed by atoms with Crippen LogP contribution in [0.25, 0.3) is 0 Å². The number of rotatable bonds is 6. The van der Waals surface area contributed by atoms with Crippen LogP contribution in [0.3, 0.4) is 0 Å². The molecule has 1 heterocycles. The van der Waals surface area contributed by atoms with Gasteiger partial charge in [-0.15, -0.1) is 0 Å². The van der Waals surface area contributed by atoms with Gasteiger partial charge in [-0.05, 0) is 24.8 Å². The average molecular weight is 274 g/mol. The van der Waals surface area contributed by atoms with Gasteiger partial charge in [-0.1, -0.05) is 57.0 Å². The molecular formula is C18H30N2. The smallest absolute Gasteiger partial charge is 0.0236 e.